The van der Waals surface area contributed by atoms with Crippen LogP contribution in [-0.4, -0.2) is 33.0 Å². The van der Waals surface area contributed by atoms with Gasteiger partial charge in [0.25, 0.3) is 0 Å². The summed E-state index contributed by atoms with van der Waals surface area (Å²) in [5, 5.41) is 12.4. The molecule has 4 nitrogen and oxygen atoms in total. The van der Waals surface area contributed by atoms with Gasteiger partial charge >= 0.3 is 0 Å². The van der Waals surface area contributed by atoms with Gasteiger partial charge in [-0.2, -0.15) is 0 Å². The van der Waals surface area contributed by atoms with Crippen molar-refractivity contribution in [3.05, 3.63) is 22.8 Å². The minimum Gasteiger partial charge on any atom is -0.496 e. The third-order valence-corrected chi connectivity index (χ3v) is 3.15. The third-order valence-electron chi connectivity index (χ3n) is 3.15. The fourth-order valence-electron chi connectivity index (χ4n) is 1.97. The maximum atomic E-state index is 9.36. The Labute approximate surface area is 103 Å². The molecule has 0 fully saturated rings. The summed E-state index contributed by atoms with van der Waals surface area (Å²) in [6.07, 6.45) is 0. The summed E-state index contributed by atoms with van der Waals surface area (Å²) < 4.78 is 10.8. The fraction of sp³-hybridized carbons (Fsp3) is 0.538. The van der Waals surface area contributed by atoms with Crippen molar-refractivity contribution in [1.82, 2.24) is 5.32 Å². The normalized spacial score (nSPS) is 12.4. The topological polar surface area (TPSA) is 50.7 Å². The molecule has 0 aliphatic rings. The summed E-state index contributed by atoms with van der Waals surface area (Å²) >= 11 is 0. The van der Waals surface area contributed by atoms with Crippen molar-refractivity contribution in [2.75, 3.05) is 27.9 Å². The molecule has 0 aliphatic carbocycles. The molecule has 1 atom stereocenters. The van der Waals surface area contributed by atoms with Crippen LogP contribution >= 0.6 is 0 Å². The van der Waals surface area contributed by atoms with E-state index in [-0.39, 0.29) is 12.6 Å². The molecule has 0 aromatic heterocycles. The van der Waals surface area contributed by atoms with E-state index in [2.05, 4.69) is 5.32 Å². The highest BCUT2D eigenvalue weighted by molar-refractivity contribution is 5.53. The zero-order valence-corrected chi connectivity index (χ0v) is 11.1. The summed E-state index contributed by atoms with van der Waals surface area (Å²) in [7, 11) is 5.09. The maximum Gasteiger partial charge on any atom is 0.127 e. The molecule has 1 aromatic carbocycles. The van der Waals surface area contributed by atoms with Crippen LogP contribution in [0.1, 0.15) is 22.7 Å². The monoisotopic (exact) mass is 239 g/mol. The SMILES string of the molecule is CNC(CO)c1cc(OC)c(C)c(C)c1OC. The molecule has 0 saturated carbocycles. The zero-order chi connectivity index (χ0) is 13.0. The predicted molar refractivity (Wildman–Crippen MR) is 67.9 cm³/mol. The number of aliphatic hydroxyl groups is 1. The number of rotatable bonds is 5. The molecule has 0 radical (unpaired) electrons. The van der Waals surface area contributed by atoms with Crippen LogP contribution in [0.4, 0.5) is 0 Å². The molecule has 1 unspecified atom stereocenters. The molecule has 0 spiro atoms. The van der Waals surface area contributed by atoms with Crippen LogP contribution in [0, 0.1) is 13.8 Å². The van der Waals surface area contributed by atoms with Crippen LogP contribution in [0.25, 0.3) is 0 Å². The molecule has 0 heterocycles. The quantitative estimate of drug-likeness (QED) is 0.819. The standard InChI is InChI=1S/C13H21NO3/c1-8-9(2)13(17-5)10(6-12(8)16-4)11(7-15)14-3/h6,11,14-15H,7H2,1-5H3. The lowest BCUT2D eigenvalue weighted by molar-refractivity contribution is 0.247. The number of benzene rings is 1. The van der Waals surface area contributed by atoms with Crippen molar-refractivity contribution in [2.24, 2.45) is 0 Å². The Morgan fingerprint density at radius 1 is 1.24 bits per heavy atom. The van der Waals surface area contributed by atoms with Gasteiger partial charge in [0.2, 0.25) is 0 Å². The summed E-state index contributed by atoms with van der Waals surface area (Å²) in [6, 6.07) is 1.76. The smallest absolute Gasteiger partial charge is 0.127 e. The van der Waals surface area contributed by atoms with Crippen LogP contribution in [0.15, 0.2) is 6.07 Å². The van der Waals surface area contributed by atoms with Crippen molar-refractivity contribution >= 4 is 0 Å². The Morgan fingerprint density at radius 2 is 1.88 bits per heavy atom. The van der Waals surface area contributed by atoms with E-state index >= 15 is 0 Å². The Balaban J connectivity index is 3.41. The van der Waals surface area contributed by atoms with Crippen LogP contribution in [0.2, 0.25) is 0 Å². The number of hydrogen-bond donors (Lipinski definition) is 2. The number of aliphatic hydroxyl groups excluding tert-OH is 1. The van der Waals surface area contributed by atoms with Gasteiger partial charge in [0, 0.05) is 5.56 Å². The fourth-order valence-corrected chi connectivity index (χ4v) is 1.97. The predicted octanol–water partition coefficient (Wildman–Crippen LogP) is 1.57. The van der Waals surface area contributed by atoms with Crippen molar-refractivity contribution in [3.8, 4) is 11.5 Å². The highest BCUT2D eigenvalue weighted by Crippen LogP contribution is 2.36. The molecule has 17 heavy (non-hydrogen) atoms. The second-order valence-corrected chi connectivity index (χ2v) is 3.98. The van der Waals surface area contributed by atoms with Gasteiger partial charge in [-0.3, -0.25) is 0 Å². The molecule has 96 valence electrons. The Bertz CT molecular complexity index is 387. The first kappa shape index (κ1) is 13.8. The molecular formula is C13H21NO3. The highest BCUT2D eigenvalue weighted by Gasteiger charge is 2.19. The van der Waals surface area contributed by atoms with E-state index in [4.69, 9.17) is 9.47 Å². The summed E-state index contributed by atoms with van der Waals surface area (Å²) in [5.74, 6) is 1.61. The molecule has 1 rings (SSSR count). The Kier molecular flexibility index (Phi) is 4.78. The Morgan fingerprint density at radius 3 is 2.29 bits per heavy atom. The minimum absolute atomic E-state index is 0.0124. The number of hydrogen-bond acceptors (Lipinski definition) is 4. The first-order valence-electron chi connectivity index (χ1n) is 5.60. The van der Waals surface area contributed by atoms with Crippen LogP contribution < -0.4 is 14.8 Å². The molecule has 2 N–H and O–H groups in total. The van der Waals surface area contributed by atoms with E-state index in [1.807, 2.05) is 27.0 Å². The molecule has 0 amide bonds. The number of ether oxygens (including phenoxy) is 2. The summed E-state index contributed by atoms with van der Waals surface area (Å²) in [6.45, 7) is 4.00. The second-order valence-electron chi connectivity index (χ2n) is 3.98. The van der Waals surface area contributed by atoms with Crippen molar-refractivity contribution < 1.29 is 14.6 Å². The molecule has 0 saturated heterocycles. The first-order valence-corrected chi connectivity index (χ1v) is 5.60. The minimum atomic E-state index is -0.154. The van der Waals surface area contributed by atoms with Gasteiger partial charge in [-0.05, 0) is 38.1 Å². The first-order chi connectivity index (χ1) is 8.10. The lowest BCUT2D eigenvalue weighted by Gasteiger charge is -2.21. The zero-order valence-electron chi connectivity index (χ0n) is 11.1. The van der Waals surface area contributed by atoms with Crippen LogP contribution in [-0.2, 0) is 0 Å². The van der Waals surface area contributed by atoms with E-state index in [1.165, 1.54) is 0 Å². The van der Waals surface area contributed by atoms with Crippen LogP contribution in [0.3, 0.4) is 0 Å². The Hall–Kier alpha value is -1.26. The largest absolute Gasteiger partial charge is 0.496 e. The van der Waals surface area contributed by atoms with Gasteiger partial charge in [-0.15, -0.1) is 0 Å². The third kappa shape index (κ3) is 2.53. The lowest BCUT2D eigenvalue weighted by atomic mass is 9.98. The van der Waals surface area contributed by atoms with Crippen LogP contribution in [0.5, 0.6) is 11.5 Å². The summed E-state index contributed by atoms with van der Waals surface area (Å²) in [5.41, 5.74) is 3.01. The van der Waals surface area contributed by atoms with Crippen molar-refractivity contribution in [1.29, 1.82) is 0 Å². The van der Waals surface area contributed by atoms with Crippen molar-refractivity contribution in [2.45, 2.75) is 19.9 Å². The molecular weight excluding hydrogens is 218 g/mol. The van der Waals surface area contributed by atoms with Gasteiger partial charge in [0.1, 0.15) is 11.5 Å². The van der Waals surface area contributed by atoms with Gasteiger partial charge in [-0.25, -0.2) is 0 Å². The van der Waals surface area contributed by atoms with E-state index in [1.54, 1.807) is 14.2 Å². The van der Waals surface area contributed by atoms with E-state index in [9.17, 15) is 5.11 Å². The average molecular weight is 239 g/mol. The number of nitrogens with one attached hydrogen (secondary N) is 1. The van der Waals surface area contributed by atoms with Gasteiger partial charge < -0.3 is 19.9 Å². The molecule has 4 heteroatoms. The van der Waals surface area contributed by atoms with E-state index < -0.39 is 0 Å². The van der Waals surface area contributed by atoms with E-state index in [0.29, 0.717) is 0 Å². The second kappa shape index (κ2) is 5.89. The summed E-state index contributed by atoms with van der Waals surface area (Å²) in [4.78, 5) is 0. The van der Waals surface area contributed by atoms with Gasteiger partial charge in [0.05, 0.1) is 26.9 Å². The van der Waals surface area contributed by atoms with Gasteiger partial charge in [0.15, 0.2) is 0 Å². The highest BCUT2D eigenvalue weighted by atomic mass is 16.5. The van der Waals surface area contributed by atoms with Gasteiger partial charge in [-0.1, -0.05) is 0 Å². The number of likely N-dealkylation sites (N-methyl/N-ethyl adjacent to an activating group) is 1. The van der Waals surface area contributed by atoms with Crippen molar-refractivity contribution in [3.63, 3.8) is 0 Å². The molecule has 1 aromatic rings. The molecule has 0 bridgehead atoms. The average Bonchev–Trinajstić information content (AvgIpc) is 2.35. The number of methoxy groups -OCH3 is 2. The van der Waals surface area contributed by atoms with E-state index in [0.717, 1.165) is 28.2 Å². The lowest BCUT2D eigenvalue weighted by Crippen LogP contribution is -2.21. The maximum absolute atomic E-state index is 9.36. The molecule has 0 aliphatic heterocycles.